The first kappa shape index (κ1) is 7.84. The molecule has 0 spiro atoms. The lowest BCUT2D eigenvalue weighted by Crippen LogP contribution is -1.95. The van der Waals surface area contributed by atoms with Gasteiger partial charge in [0, 0.05) is 0 Å². The van der Waals surface area contributed by atoms with Crippen molar-refractivity contribution >= 4 is 0 Å². The summed E-state index contributed by atoms with van der Waals surface area (Å²) in [6, 6.07) is 0. The van der Waals surface area contributed by atoms with Crippen LogP contribution in [-0.4, -0.2) is 0 Å². The lowest BCUT2D eigenvalue weighted by Gasteiger charge is -2.05. The first-order chi connectivity index (χ1) is 4.54. The van der Waals surface area contributed by atoms with Gasteiger partial charge in [0.2, 0.25) is 0 Å². The highest BCUT2D eigenvalue weighted by atomic mass is 14.6. The highest BCUT2D eigenvalue weighted by molar-refractivity contribution is 5.19. The number of allylic oxidation sites excluding steroid dienone is 1. The topological polar surface area (TPSA) is 0 Å². The third-order valence-electron chi connectivity index (χ3n) is 3.43. The molecule has 0 aromatic carbocycles. The monoisotopic (exact) mass is 138 g/mol. The van der Waals surface area contributed by atoms with E-state index in [-0.39, 0.29) is 0 Å². The van der Waals surface area contributed by atoms with E-state index in [9.17, 15) is 0 Å². The van der Waals surface area contributed by atoms with Crippen LogP contribution >= 0.6 is 0 Å². The van der Waals surface area contributed by atoms with Gasteiger partial charge in [-0.05, 0) is 30.6 Å². The summed E-state index contributed by atoms with van der Waals surface area (Å²) >= 11 is 0. The molecule has 0 radical (unpaired) electrons. The van der Waals surface area contributed by atoms with Gasteiger partial charge in [-0.3, -0.25) is 0 Å². The Bertz CT molecular complexity index is 157. The molecule has 0 aromatic rings. The van der Waals surface area contributed by atoms with E-state index in [1.165, 1.54) is 12.0 Å². The molecule has 1 aliphatic carbocycles. The summed E-state index contributed by atoms with van der Waals surface area (Å²) in [5, 5.41) is 0. The molecule has 1 fully saturated rings. The van der Waals surface area contributed by atoms with Crippen LogP contribution in [0.25, 0.3) is 0 Å². The van der Waals surface area contributed by atoms with Gasteiger partial charge in [0.05, 0.1) is 0 Å². The molecule has 0 heterocycles. The van der Waals surface area contributed by atoms with E-state index in [1.54, 1.807) is 0 Å². The predicted octanol–water partition coefficient (Wildman–Crippen LogP) is 3.24. The molecular formula is C10H18. The summed E-state index contributed by atoms with van der Waals surface area (Å²) in [6.07, 6.45) is 1.30. The van der Waals surface area contributed by atoms with Crippen LogP contribution < -0.4 is 0 Å². The Kier molecular flexibility index (Phi) is 1.66. The van der Waals surface area contributed by atoms with Gasteiger partial charge in [-0.2, -0.15) is 0 Å². The number of hydrogen-bond donors (Lipinski definition) is 0. The maximum atomic E-state index is 4.01. The van der Waals surface area contributed by atoms with E-state index in [0.717, 1.165) is 11.8 Å². The first-order valence-corrected chi connectivity index (χ1v) is 4.19. The van der Waals surface area contributed by atoms with Crippen molar-refractivity contribution in [3.63, 3.8) is 0 Å². The van der Waals surface area contributed by atoms with Crippen molar-refractivity contribution < 1.29 is 0 Å². The van der Waals surface area contributed by atoms with Crippen molar-refractivity contribution in [2.24, 2.45) is 17.3 Å². The smallest absolute Gasteiger partial charge is 0.0121 e. The van der Waals surface area contributed by atoms with Gasteiger partial charge < -0.3 is 0 Å². The zero-order chi connectivity index (χ0) is 7.94. The van der Waals surface area contributed by atoms with Crippen LogP contribution in [0.1, 0.15) is 34.1 Å². The maximum Gasteiger partial charge on any atom is -0.0121 e. The molecule has 0 amide bonds. The van der Waals surface area contributed by atoms with Crippen LogP contribution in [0.2, 0.25) is 0 Å². The molecule has 0 bridgehead atoms. The molecule has 3 unspecified atom stereocenters. The average molecular weight is 138 g/mol. The van der Waals surface area contributed by atoms with E-state index >= 15 is 0 Å². The SMILES string of the molecule is C=C(C)C1C(C)C1(C)CC. The average Bonchev–Trinajstić information content (AvgIpc) is 2.38. The van der Waals surface area contributed by atoms with E-state index in [4.69, 9.17) is 0 Å². The third kappa shape index (κ3) is 0.817. The van der Waals surface area contributed by atoms with Gasteiger partial charge in [0.15, 0.2) is 0 Å². The lowest BCUT2D eigenvalue weighted by molar-refractivity contribution is 0.482. The van der Waals surface area contributed by atoms with Crippen molar-refractivity contribution in [2.45, 2.75) is 34.1 Å². The molecule has 58 valence electrons. The van der Waals surface area contributed by atoms with Crippen molar-refractivity contribution in [1.29, 1.82) is 0 Å². The van der Waals surface area contributed by atoms with E-state index in [1.807, 2.05) is 0 Å². The summed E-state index contributed by atoms with van der Waals surface area (Å²) in [5.41, 5.74) is 1.96. The minimum Gasteiger partial charge on any atom is -0.0998 e. The summed E-state index contributed by atoms with van der Waals surface area (Å²) in [4.78, 5) is 0. The third-order valence-corrected chi connectivity index (χ3v) is 3.43. The largest absolute Gasteiger partial charge is 0.0998 e. The van der Waals surface area contributed by atoms with Gasteiger partial charge in [0.1, 0.15) is 0 Å². The van der Waals surface area contributed by atoms with Crippen molar-refractivity contribution in [3.8, 4) is 0 Å². The van der Waals surface area contributed by atoms with E-state index in [0.29, 0.717) is 5.41 Å². The number of rotatable bonds is 2. The summed E-state index contributed by atoms with van der Waals surface area (Å²) in [7, 11) is 0. The quantitative estimate of drug-likeness (QED) is 0.514. The molecule has 10 heavy (non-hydrogen) atoms. The molecule has 0 aromatic heterocycles. The standard InChI is InChI=1S/C10H18/c1-6-10(5)8(4)9(10)7(2)3/h8-9H,2,6H2,1,3-5H3. The van der Waals surface area contributed by atoms with Crippen molar-refractivity contribution in [3.05, 3.63) is 12.2 Å². The Labute approximate surface area is 64.3 Å². The van der Waals surface area contributed by atoms with Crippen LogP contribution in [0.4, 0.5) is 0 Å². The zero-order valence-electron chi connectivity index (χ0n) is 7.57. The fraction of sp³-hybridized carbons (Fsp3) is 0.800. The van der Waals surface area contributed by atoms with Crippen LogP contribution in [0.15, 0.2) is 12.2 Å². The van der Waals surface area contributed by atoms with Gasteiger partial charge in [-0.25, -0.2) is 0 Å². The molecule has 0 N–H and O–H groups in total. The molecule has 1 rings (SSSR count). The Morgan fingerprint density at radius 1 is 1.60 bits per heavy atom. The Morgan fingerprint density at radius 2 is 2.10 bits per heavy atom. The summed E-state index contributed by atoms with van der Waals surface area (Å²) in [6.45, 7) is 13.2. The second-order valence-electron chi connectivity index (χ2n) is 3.97. The Morgan fingerprint density at radius 3 is 2.20 bits per heavy atom. The molecule has 1 aliphatic rings. The molecule has 0 heteroatoms. The van der Waals surface area contributed by atoms with E-state index < -0.39 is 0 Å². The molecule has 3 atom stereocenters. The Balaban J connectivity index is 2.64. The van der Waals surface area contributed by atoms with Crippen molar-refractivity contribution in [2.75, 3.05) is 0 Å². The van der Waals surface area contributed by atoms with Gasteiger partial charge in [-0.1, -0.05) is 32.9 Å². The highest BCUT2D eigenvalue weighted by Crippen LogP contribution is 2.63. The lowest BCUT2D eigenvalue weighted by atomic mass is 10.00. The molecule has 1 saturated carbocycles. The molecule has 0 nitrogen and oxygen atoms in total. The van der Waals surface area contributed by atoms with Gasteiger partial charge in [0.25, 0.3) is 0 Å². The minimum absolute atomic E-state index is 0.589. The van der Waals surface area contributed by atoms with Crippen molar-refractivity contribution in [1.82, 2.24) is 0 Å². The zero-order valence-corrected chi connectivity index (χ0v) is 7.57. The predicted molar refractivity (Wildman–Crippen MR) is 45.9 cm³/mol. The number of hydrogen-bond acceptors (Lipinski definition) is 0. The van der Waals surface area contributed by atoms with Crippen LogP contribution in [0.3, 0.4) is 0 Å². The minimum atomic E-state index is 0.589. The Hall–Kier alpha value is -0.260. The van der Waals surface area contributed by atoms with Crippen LogP contribution in [0.5, 0.6) is 0 Å². The fourth-order valence-electron chi connectivity index (χ4n) is 2.33. The molecule has 0 aliphatic heterocycles. The van der Waals surface area contributed by atoms with E-state index in [2.05, 4.69) is 34.3 Å². The summed E-state index contributed by atoms with van der Waals surface area (Å²) < 4.78 is 0. The summed E-state index contributed by atoms with van der Waals surface area (Å²) in [5.74, 6) is 1.67. The van der Waals surface area contributed by atoms with Gasteiger partial charge in [-0.15, -0.1) is 0 Å². The highest BCUT2D eigenvalue weighted by Gasteiger charge is 2.56. The molecule has 0 saturated heterocycles. The second kappa shape index (κ2) is 2.11. The van der Waals surface area contributed by atoms with Crippen LogP contribution in [0, 0.1) is 17.3 Å². The normalized spacial score (nSPS) is 45.2. The second-order valence-corrected chi connectivity index (χ2v) is 3.97. The maximum absolute atomic E-state index is 4.01. The first-order valence-electron chi connectivity index (χ1n) is 4.19. The fourth-order valence-corrected chi connectivity index (χ4v) is 2.33. The van der Waals surface area contributed by atoms with Gasteiger partial charge >= 0.3 is 0 Å². The van der Waals surface area contributed by atoms with Crippen LogP contribution in [-0.2, 0) is 0 Å². The molecular weight excluding hydrogens is 120 g/mol.